The van der Waals surface area contributed by atoms with E-state index in [0.717, 1.165) is 0 Å². The van der Waals surface area contributed by atoms with Gasteiger partial charge in [-0.3, -0.25) is 9.36 Å². The van der Waals surface area contributed by atoms with Gasteiger partial charge in [-0.1, -0.05) is 34.5 Å². The molecule has 1 unspecified atom stereocenters. The summed E-state index contributed by atoms with van der Waals surface area (Å²) in [6, 6.07) is 13.0. The number of furan rings is 1. The van der Waals surface area contributed by atoms with Crippen molar-refractivity contribution in [3.8, 4) is 22.8 Å². The second-order valence-corrected chi connectivity index (χ2v) is 10.6. The average molecular weight is 599 g/mol. The normalized spacial score (nSPS) is 15.1. The van der Waals surface area contributed by atoms with Gasteiger partial charge in [0.05, 0.1) is 41.7 Å². The molecule has 0 bridgehead atoms. The lowest BCUT2D eigenvalue weighted by Gasteiger charge is -2.26. The van der Waals surface area contributed by atoms with E-state index in [1.165, 1.54) is 23.0 Å². The Hall–Kier alpha value is -3.79. The number of esters is 1. The second kappa shape index (κ2) is 11.4. The topological polar surface area (TPSA) is 92.3 Å². The first-order valence-electron chi connectivity index (χ1n) is 12.2. The number of carbonyl (C=O) groups is 1. The highest BCUT2D eigenvalue weighted by atomic mass is 35.5. The maximum Gasteiger partial charge on any atom is 0.338 e. The Labute approximate surface area is 243 Å². The maximum atomic E-state index is 13.9. The fourth-order valence-electron chi connectivity index (χ4n) is 4.52. The Bertz CT molecular complexity index is 1840. The number of ether oxygens (including phenoxy) is 3. The molecular formula is C29H24Cl2N2O6S. The van der Waals surface area contributed by atoms with Gasteiger partial charge in [-0.15, -0.1) is 0 Å². The summed E-state index contributed by atoms with van der Waals surface area (Å²) < 4.78 is 24.2. The maximum absolute atomic E-state index is 13.9. The summed E-state index contributed by atoms with van der Waals surface area (Å²) in [5.74, 6) is 1.41. The van der Waals surface area contributed by atoms with E-state index < -0.39 is 12.0 Å². The molecule has 1 aliphatic heterocycles. The summed E-state index contributed by atoms with van der Waals surface area (Å²) in [6.45, 7) is 3.62. The molecule has 0 aliphatic carbocycles. The number of hydrogen-bond acceptors (Lipinski definition) is 8. The zero-order valence-corrected chi connectivity index (χ0v) is 24.3. The van der Waals surface area contributed by atoms with Crippen molar-refractivity contribution in [2.45, 2.75) is 19.9 Å². The van der Waals surface area contributed by atoms with Crippen LogP contribution in [0.2, 0.25) is 10.0 Å². The molecular weight excluding hydrogens is 575 g/mol. The predicted molar refractivity (Wildman–Crippen MR) is 154 cm³/mol. The zero-order valence-electron chi connectivity index (χ0n) is 22.0. The van der Waals surface area contributed by atoms with Crippen LogP contribution in [0, 0.1) is 0 Å². The highest BCUT2D eigenvalue weighted by Crippen LogP contribution is 2.38. The van der Waals surface area contributed by atoms with Crippen molar-refractivity contribution < 1.29 is 23.4 Å². The smallest absolute Gasteiger partial charge is 0.338 e. The van der Waals surface area contributed by atoms with Crippen LogP contribution in [0.4, 0.5) is 0 Å². The van der Waals surface area contributed by atoms with Gasteiger partial charge in [-0.25, -0.2) is 9.79 Å². The third-order valence-corrected chi connectivity index (χ3v) is 7.89. The van der Waals surface area contributed by atoms with Gasteiger partial charge in [-0.2, -0.15) is 0 Å². The van der Waals surface area contributed by atoms with Gasteiger partial charge in [0.1, 0.15) is 29.1 Å². The molecule has 1 aliphatic rings. The lowest BCUT2D eigenvalue weighted by atomic mass is 9.95. The van der Waals surface area contributed by atoms with Crippen LogP contribution in [0.15, 0.2) is 74.0 Å². The fraction of sp³-hybridized carbons (Fsp3) is 0.207. The van der Waals surface area contributed by atoms with Gasteiger partial charge in [0.25, 0.3) is 5.56 Å². The van der Waals surface area contributed by atoms with E-state index >= 15 is 0 Å². The number of nitrogens with zero attached hydrogens (tertiary/aromatic N) is 2. The van der Waals surface area contributed by atoms with Crippen LogP contribution in [0.5, 0.6) is 11.5 Å². The van der Waals surface area contributed by atoms with Crippen LogP contribution in [0.3, 0.4) is 0 Å². The minimum atomic E-state index is -0.837. The summed E-state index contributed by atoms with van der Waals surface area (Å²) in [4.78, 5) is 32.1. The first kappa shape index (κ1) is 27.8. The summed E-state index contributed by atoms with van der Waals surface area (Å²) in [5, 5.41) is 1.01. The van der Waals surface area contributed by atoms with Crippen LogP contribution in [0.1, 0.15) is 31.2 Å². The third-order valence-electron chi connectivity index (χ3n) is 6.35. The highest BCUT2D eigenvalue weighted by Gasteiger charge is 2.35. The molecule has 11 heteroatoms. The van der Waals surface area contributed by atoms with E-state index in [4.69, 9.17) is 41.8 Å². The zero-order chi connectivity index (χ0) is 28.6. The molecule has 0 saturated carbocycles. The molecule has 0 spiro atoms. The lowest BCUT2D eigenvalue weighted by molar-refractivity contribution is -0.139. The predicted octanol–water partition coefficient (Wildman–Crippen LogP) is 5.38. The molecule has 4 aromatic rings. The molecule has 3 heterocycles. The van der Waals surface area contributed by atoms with Gasteiger partial charge in [0, 0.05) is 28.3 Å². The quantitative estimate of drug-likeness (QED) is 0.265. The molecule has 8 nitrogen and oxygen atoms in total. The van der Waals surface area contributed by atoms with E-state index in [0.29, 0.717) is 59.2 Å². The summed E-state index contributed by atoms with van der Waals surface area (Å²) in [6.07, 6.45) is 1.64. The van der Waals surface area contributed by atoms with Crippen molar-refractivity contribution in [1.82, 2.24) is 4.57 Å². The van der Waals surface area contributed by atoms with E-state index in [1.807, 2.05) is 0 Å². The van der Waals surface area contributed by atoms with Crippen LogP contribution >= 0.6 is 34.5 Å². The molecule has 0 N–H and O–H groups in total. The van der Waals surface area contributed by atoms with Gasteiger partial charge in [-0.05, 0) is 56.3 Å². The fourth-order valence-corrected chi connectivity index (χ4v) is 5.93. The summed E-state index contributed by atoms with van der Waals surface area (Å²) in [5.41, 5.74) is 1.57. The Morgan fingerprint density at radius 2 is 1.93 bits per heavy atom. The first-order chi connectivity index (χ1) is 19.2. The van der Waals surface area contributed by atoms with Gasteiger partial charge in [0.2, 0.25) is 0 Å². The molecule has 2 aromatic heterocycles. The number of fused-ring (bicyclic) bond motifs is 1. The van der Waals surface area contributed by atoms with E-state index in [-0.39, 0.29) is 17.7 Å². The number of allylic oxidation sites excluding steroid dienone is 1. The number of methoxy groups -OCH3 is 2. The third kappa shape index (κ3) is 5.08. The lowest BCUT2D eigenvalue weighted by Crippen LogP contribution is -2.40. The van der Waals surface area contributed by atoms with E-state index in [1.54, 1.807) is 75.6 Å². The highest BCUT2D eigenvalue weighted by molar-refractivity contribution is 7.07. The van der Waals surface area contributed by atoms with Crippen molar-refractivity contribution >= 4 is 46.6 Å². The summed E-state index contributed by atoms with van der Waals surface area (Å²) in [7, 11) is 3.06. The first-order valence-corrected chi connectivity index (χ1v) is 13.8. The number of hydrogen-bond donors (Lipinski definition) is 0. The number of halogens is 2. The molecule has 0 saturated heterocycles. The Morgan fingerprint density at radius 3 is 2.65 bits per heavy atom. The Kier molecular flexibility index (Phi) is 7.89. The minimum absolute atomic E-state index is 0.171. The molecule has 0 fully saturated rings. The number of carbonyl (C=O) groups excluding carboxylic acids is 1. The van der Waals surface area contributed by atoms with Crippen LogP contribution in [-0.2, 0) is 9.53 Å². The van der Waals surface area contributed by atoms with E-state index in [9.17, 15) is 9.59 Å². The Balaban J connectivity index is 1.68. The standard InChI is InChI=1S/C29H24Cl2N2O6S/c1-5-38-28(35)25-15(2)32-29-33(26(25)19-9-7-17(36-3)13-23(19)37-4)27(34)24(40-29)14-18-8-11-22(39-18)20-12-16(30)6-10-21(20)31/h6-14,26H,5H2,1-4H3. The van der Waals surface area contributed by atoms with Crippen molar-refractivity contribution in [3.63, 3.8) is 0 Å². The number of rotatable bonds is 7. The average Bonchev–Trinajstić information content (AvgIpc) is 3.53. The van der Waals surface area contributed by atoms with Crippen molar-refractivity contribution in [2.24, 2.45) is 4.99 Å². The molecule has 1 atom stereocenters. The number of benzene rings is 2. The van der Waals surface area contributed by atoms with Gasteiger partial charge >= 0.3 is 5.97 Å². The molecule has 40 heavy (non-hydrogen) atoms. The largest absolute Gasteiger partial charge is 0.497 e. The molecule has 5 rings (SSSR count). The van der Waals surface area contributed by atoms with Crippen molar-refractivity contribution in [2.75, 3.05) is 20.8 Å². The SMILES string of the molecule is CCOC(=O)C1=C(C)N=c2sc(=Cc3ccc(-c4cc(Cl)ccc4Cl)o3)c(=O)n2C1c1ccc(OC)cc1OC. The number of thiazole rings is 1. The molecule has 2 aromatic carbocycles. The minimum Gasteiger partial charge on any atom is -0.497 e. The van der Waals surface area contributed by atoms with Crippen molar-refractivity contribution in [1.29, 1.82) is 0 Å². The van der Waals surface area contributed by atoms with Crippen molar-refractivity contribution in [3.05, 3.63) is 101 Å². The van der Waals surface area contributed by atoms with Gasteiger partial charge < -0.3 is 18.6 Å². The monoisotopic (exact) mass is 598 g/mol. The van der Waals surface area contributed by atoms with Crippen LogP contribution in [0.25, 0.3) is 17.4 Å². The summed E-state index contributed by atoms with van der Waals surface area (Å²) >= 11 is 13.7. The molecule has 0 radical (unpaired) electrons. The molecule has 0 amide bonds. The van der Waals surface area contributed by atoms with Gasteiger partial charge in [0.15, 0.2) is 4.80 Å². The van der Waals surface area contributed by atoms with E-state index in [2.05, 4.69) is 4.99 Å². The second-order valence-electron chi connectivity index (χ2n) is 8.74. The number of aromatic nitrogens is 1. The van der Waals surface area contributed by atoms with Crippen LogP contribution in [-0.4, -0.2) is 31.4 Å². The van der Waals surface area contributed by atoms with Crippen LogP contribution < -0.4 is 24.4 Å². The molecule has 206 valence electrons. The Morgan fingerprint density at radius 1 is 1.12 bits per heavy atom.